The number of allylic oxidation sites excluding steroid dienone is 5. The van der Waals surface area contributed by atoms with E-state index in [2.05, 4.69) is 32.3 Å². The Bertz CT molecular complexity index is 253. The summed E-state index contributed by atoms with van der Waals surface area (Å²) in [6, 6.07) is 0. The topological polar surface area (TPSA) is 0 Å². The van der Waals surface area contributed by atoms with Crippen LogP contribution in [-0.2, 0) is 0 Å². The maximum Gasteiger partial charge on any atom is 0.0241 e. The number of rotatable bonds is 3. The minimum absolute atomic E-state index is 0.642. The van der Waals surface area contributed by atoms with E-state index in [4.69, 9.17) is 0 Å². The van der Waals surface area contributed by atoms with Crippen LogP contribution in [0.25, 0.3) is 0 Å². The van der Waals surface area contributed by atoms with Gasteiger partial charge in [0, 0.05) is 12.0 Å². The van der Waals surface area contributed by atoms with Crippen molar-refractivity contribution < 1.29 is 0 Å². The molecule has 0 aromatic heterocycles. The first-order chi connectivity index (χ1) is 6.20. The van der Waals surface area contributed by atoms with Gasteiger partial charge in [0.2, 0.25) is 0 Å². The largest absolute Gasteiger partial charge is 0.0990 e. The van der Waals surface area contributed by atoms with Crippen molar-refractivity contribution in [3.8, 4) is 11.8 Å². The summed E-state index contributed by atoms with van der Waals surface area (Å²) in [6.45, 7) is 9.97. The zero-order valence-electron chi connectivity index (χ0n) is 8.80. The van der Waals surface area contributed by atoms with Crippen LogP contribution in [0.1, 0.15) is 27.2 Å². The monoisotopic (exact) mass is 174 g/mol. The molecule has 0 aliphatic heterocycles. The predicted molar refractivity (Wildman–Crippen MR) is 60.3 cm³/mol. The lowest BCUT2D eigenvalue weighted by molar-refractivity contribution is 0.676. The minimum Gasteiger partial charge on any atom is -0.0990 e. The summed E-state index contributed by atoms with van der Waals surface area (Å²) in [6.07, 6.45) is 8.62. The van der Waals surface area contributed by atoms with Crippen LogP contribution in [-0.4, -0.2) is 0 Å². The molecule has 0 bridgehead atoms. The summed E-state index contributed by atoms with van der Waals surface area (Å²) < 4.78 is 0. The standard InChI is InChI=1S/C13H18/c1-5-8-13(9-6-2)11-7-10-12(3)4/h5-6,8-9,12H,1,10H2,2-4H3/b9-6-,13-8+. The van der Waals surface area contributed by atoms with E-state index in [1.54, 1.807) is 6.08 Å². The molecule has 70 valence electrons. The van der Waals surface area contributed by atoms with Gasteiger partial charge in [0.05, 0.1) is 0 Å². The van der Waals surface area contributed by atoms with E-state index >= 15 is 0 Å². The molecule has 0 aliphatic rings. The third kappa shape index (κ3) is 7.15. The number of hydrogen-bond acceptors (Lipinski definition) is 0. The molecule has 0 heterocycles. The minimum atomic E-state index is 0.642. The van der Waals surface area contributed by atoms with E-state index in [0.717, 1.165) is 12.0 Å². The lowest BCUT2D eigenvalue weighted by atomic mass is 10.1. The van der Waals surface area contributed by atoms with E-state index in [1.807, 2.05) is 25.2 Å². The normalized spacial score (nSPS) is 11.5. The van der Waals surface area contributed by atoms with Crippen LogP contribution in [0.4, 0.5) is 0 Å². The average molecular weight is 174 g/mol. The second-order valence-corrected chi connectivity index (χ2v) is 3.26. The molecule has 0 saturated carbocycles. The van der Waals surface area contributed by atoms with Gasteiger partial charge in [-0.1, -0.05) is 50.5 Å². The Morgan fingerprint density at radius 1 is 1.46 bits per heavy atom. The number of hydrogen-bond donors (Lipinski definition) is 0. The van der Waals surface area contributed by atoms with Crippen LogP contribution in [0.5, 0.6) is 0 Å². The first-order valence-corrected chi connectivity index (χ1v) is 4.65. The molecule has 0 rings (SSSR count). The Morgan fingerprint density at radius 2 is 2.15 bits per heavy atom. The highest BCUT2D eigenvalue weighted by molar-refractivity contribution is 5.40. The maximum absolute atomic E-state index is 3.65. The molecule has 0 amide bonds. The van der Waals surface area contributed by atoms with Crippen LogP contribution in [0.15, 0.2) is 36.5 Å². The molecule has 0 heteroatoms. The zero-order chi connectivity index (χ0) is 10.1. The summed E-state index contributed by atoms with van der Waals surface area (Å²) in [5, 5.41) is 0. The van der Waals surface area contributed by atoms with Crippen LogP contribution in [0.3, 0.4) is 0 Å². The fourth-order valence-corrected chi connectivity index (χ4v) is 0.803. The van der Waals surface area contributed by atoms with Crippen molar-refractivity contribution in [2.75, 3.05) is 0 Å². The Morgan fingerprint density at radius 3 is 2.62 bits per heavy atom. The highest BCUT2D eigenvalue weighted by Gasteiger charge is 1.87. The lowest BCUT2D eigenvalue weighted by Crippen LogP contribution is -1.82. The summed E-state index contributed by atoms with van der Waals surface area (Å²) in [5.74, 6) is 6.88. The summed E-state index contributed by atoms with van der Waals surface area (Å²) in [7, 11) is 0. The fourth-order valence-electron chi connectivity index (χ4n) is 0.803. The molecule has 0 unspecified atom stereocenters. The van der Waals surface area contributed by atoms with Crippen molar-refractivity contribution in [2.24, 2.45) is 5.92 Å². The van der Waals surface area contributed by atoms with Gasteiger partial charge in [-0.2, -0.15) is 0 Å². The molecule has 0 aliphatic carbocycles. The molecule has 0 spiro atoms. The van der Waals surface area contributed by atoms with Crippen molar-refractivity contribution in [1.82, 2.24) is 0 Å². The van der Waals surface area contributed by atoms with Crippen LogP contribution >= 0.6 is 0 Å². The molecule has 0 fully saturated rings. The van der Waals surface area contributed by atoms with Gasteiger partial charge in [-0.3, -0.25) is 0 Å². The second-order valence-electron chi connectivity index (χ2n) is 3.26. The molecular weight excluding hydrogens is 156 g/mol. The Hall–Kier alpha value is -1.22. The predicted octanol–water partition coefficient (Wildman–Crippen LogP) is 3.72. The van der Waals surface area contributed by atoms with Crippen LogP contribution in [0.2, 0.25) is 0 Å². The Balaban J connectivity index is 4.30. The van der Waals surface area contributed by atoms with Crippen molar-refractivity contribution in [3.63, 3.8) is 0 Å². The van der Waals surface area contributed by atoms with Crippen molar-refractivity contribution in [1.29, 1.82) is 0 Å². The Labute approximate surface area is 82.0 Å². The second kappa shape index (κ2) is 7.43. The maximum atomic E-state index is 3.65. The van der Waals surface area contributed by atoms with Crippen molar-refractivity contribution in [3.05, 3.63) is 36.5 Å². The summed E-state index contributed by atoms with van der Waals surface area (Å²) >= 11 is 0. The van der Waals surface area contributed by atoms with Crippen LogP contribution < -0.4 is 0 Å². The first kappa shape index (κ1) is 11.8. The van der Waals surface area contributed by atoms with Crippen molar-refractivity contribution >= 4 is 0 Å². The first-order valence-electron chi connectivity index (χ1n) is 4.65. The van der Waals surface area contributed by atoms with Crippen LogP contribution in [0, 0.1) is 17.8 Å². The highest BCUT2D eigenvalue weighted by atomic mass is 13.9. The molecule has 0 aromatic carbocycles. The zero-order valence-corrected chi connectivity index (χ0v) is 8.80. The van der Waals surface area contributed by atoms with Gasteiger partial charge in [-0.15, -0.1) is 0 Å². The van der Waals surface area contributed by atoms with E-state index in [0.29, 0.717) is 5.92 Å². The molecule has 0 radical (unpaired) electrons. The van der Waals surface area contributed by atoms with Gasteiger partial charge in [0.25, 0.3) is 0 Å². The third-order valence-electron chi connectivity index (χ3n) is 1.39. The summed E-state index contributed by atoms with van der Waals surface area (Å²) in [4.78, 5) is 0. The smallest absolute Gasteiger partial charge is 0.0241 e. The lowest BCUT2D eigenvalue weighted by Gasteiger charge is -1.93. The Kier molecular flexibility index (Phi) is 6.73. The molecular formula is C13H18. The van der Waals surface area contributed by atoms with Gasteiger partial charge in [-0.05, 0) is 18.9 Å². The van der Waals surface area contributed by atoms with E-state index in [9.17, 15) is 0 Å². The van der Waals surface area contributed by atoms with Gasteiger partial charge >= 0.3 is 0 Å². The quantitative estimate of drug-likeness (QED) is 0.452. The molecule has 13 heavy (non-hydrogen) atoms. The van der Waals surface area contributed by atoms with Gasteiger partial charge in [-0.25, -0.2) is 0 Å². The fraction of sp³-hybridized carbons (Fsp3) is 0.385. The SMILES string of the molecule is C=C/C=C(C#CCC(C)C)\C=C/C. The third-order valence-corrected chi connectivity index (χ3v) is 1.39. The van der Waals surface area contributed by atoms with E-state index < -0.39 is 0 Å². The summed E-state index contributed by atoms with van der Waals surface area (Å²) in [5.41, 5.74) is 1.03. The molecule has 0 atom stereocenters. The van der Waals surface area contributed by atoms with Gasteiger partial charge in [0.15, 0.2) is 0 Å². The van der Waals surface area contributed by atoms with Gasteiger partial charge < -0.3 is 0 Å². The highest BCUT2D eigenvalue weighted by Crippen LogP contribution is 1.99. The molecule has 0 saturated heterocycles. The van der Waals surface area contributed by atoms with Crippen molar-refractivity contribution in [2.45, 2.75) is 27.2 Å². The van der Waals surface area contributed by atoms with Gasteiger partial charge in [0.1, 0.15) is 0 Å². The molecule has 0 aromatic rings. The van der Waals surface area contributed by atoms with E-state index in [-0.39, 0.29) is 0 Å². The average Bonchev–Trinajstić information content (AvgIpc) is 2.04. The molecule has 0 N–H and O–H groups in total. The van der Waals surface area contributed by atoms with E-state index in [1.165, 1.54) is 0 Å². The molecule has 0 nitrogen and oxygen atoms in total.